The average Bonchev–Trinajstić information content (AvgIpc) is 2.73. The molecule has 1 saturated heterocycles. The highest BCUT2D eigenvalue weighted by molar-refractivity contribution is 6.42. The van der Waals surface area contributed by atoms with Crippen LogP contribution in [0, 0.1) is 5.82 Å². The van der Waals surface area contributed by atoms with E-state index in [-0.39, 0.29) is 22.1 Å². The van der Waals surface area contributed by atoms with E-state index in [4.69, 9.17) is 11.6 Å². The maximum absolute atomic E-state index is 13.4. The summed E-state index contributed by atoms with van der Waals surface area (Å²) in [6, 6.07) is 19.0. The van der Waals surface area contributed by atoms with Crippen molar-refractivity contribution in [2.45, 2.75) is 6.42 Å². The van der Waals surface area contributed by atoms with Crippen molar-refractivity contribution in [1.29, 1.82) is 0 Å². The molecule has 154 valence electrons. The van der Waals surface area contributed by atoms with Gasteiger partial charge in [0.25, 0.3) is 11.8 Å². The second kappa shape index (κ2) is 8.53. The van der Waals surface area contributed by atoms with Gasteiger partial charge in [-0.1, -0.05) is 60.1 Å². The first-order valence-corrected chi connectivity index (χ1v) is 9.79. The SMILES string of the molecule is O=C1NC(=O)N(c2ccccc2Cl)C(=O)/C1=C/c1ccc(Cc2cccc(F)c2)cc1. The Morgan fingerprint density at radius 2 is 1.65 bits per heavy atom. The van der Waals surface area contributed by atoms with Crippen LogP contribution < -0.4 is 10.2 Å². The number of urea groups is 1. The minimum atomic E-state index is -0.856. The number of halogens is 2. The minimum Gasteiger partial charge on any atom is -0.273 e. The summed E-state index contributed by atoms with van der Waals surface area (Å²) in [5.41, 5.74) is 2.39. The topological polar surface area (TPSA) is 66.5 Å². The van der Waals surface area contributed by atoms with E-state index in [0.717, 1.165) is 16.0 Å². The van der Waals surface area contributed by atoms with Crippen molar-refractivity contribution in [2.75, 3.05) is 4.90 Å². The predicted molar refractivity (Wildman–Crippen MR) is 116 cm³/mol. The molecule has 1 heterocycles. The van der Waals surface area contributed by atoms with Crippen molar-refractivity contribution in [1.82, 2.24) is 5.32 Å². The van der Waals surface area contributed by atoms with Crippen LogP contribution >= 0.6 is 11.6 Å². The maximum Gasteiger partial charge on any atom is 0.335 e. The van der Waals surface area contributed by atoms with Crippen LogP contribution in [-0.4, -0.2) is 17.8 Å². The summed E-state index contributed by atoms with van der Waals surface area (Å²) < 4.78 is 13.4. The molecule has 0 bridgehead atoms. The number of hydrogen-bond donors (Lipinski definition) is 1. The molecule has 0 spiro atoms. The molecule has 4 rings (SSSR count). The number of imide groups is 2. The van der Waals surface area contributed by atoms with Crippen molar-refractivity contribution in [2.24, 2.45) is 0 Å². The number of carbonyl (C=O) groups excluding carboxylic acids is 3. The summed E-state index contributed by atoms with van der Waals surface area (Å²) in [5, 5.41) is 2.38. The Hall–Kier alpha value is -3.77. The molecule has 1 fully saturated rings. The Kier molecular flexibility index (Phi) is 5.64. The number of nitrogens with one attached hydrogen (secondary N) is 1. The third kappa shape index (κ3) is 4.39. The first-order chi connectivity index (χ1) is 14.9. The van der Waals surface area contributed by atoms with E-state index in [1.165, 1.54) is 24.3 Å². The van der Waals surface area contributed by atoms with Gasteiger partial charge < -0.3 is 0 Å². The molecule has 3 aromatic rings. The molecule has 1 N–H and O–H groups in total. The number of nitrogens with zero attached hydrogens (tertiary/aromatic N) is 1. The van der Waals surface area contributed by atoms with Gasteiger partial charge in [-0.2, -0.15) is 0 Å². The molecule has 0 radical (unpaired) electrons. The van der Waals surface area contributed by atoms with Crippen LogP contribution in [0.3, 0.4) is 0 Å². The summed E-state index contributed by atoms with van der Waals surface area (Å²) in [6.45, 7) is 0. The van der Waals surface area contributed by atoms with Crippen molar-refractivity contribution in [3.63, 3.8) is 0 Å². The van der Waals surface area contributed by atoms with Crippen LogP contribution in [0.2, 0.25) is 5.02 Å². The minimum absolute atomic E-state index is 0.183. The van der Waals surface area contributed by atoms with Crippen LogP contribution in [0.4, 0.5) is 14.9 Å². The predicted octanol–water partition coefficient (Wildman–Crippen LogP) is 4.74. The molecule has 4 amide bonds. The molecule has 0 unspecified atom stereocenters. The Labute approximate surface area is 182 Å². The number of rotatable bonds is 4. The number of carbonyl (C=O) groups is 3. The van der Waals surface area contributed by atoms with Crippen molar-refractivity contribution < 1.29 is 18.8 Å². The van der Waals surface area contributed by atoms with Gasteiger partial charge >= 0.3 is 6.03 Å². The summed E-state index contributed by atoms with van der Waals surface area (Å²) in [7, 11) is 0. The number of amides is 4. The molecule has 0 aliphatic carbocycles. The second-order valence-electron chi connectivity index (χ2n) is 6.96. The fourth-order valence-corrected chi connectivity index (χ4v) is 3.51. The summed E-state index contributed by atoms with van der Waals surface area (Å²) >= 11 is 6.12. The van der Waals surface area contributed by atoms with E-state index in [1.54, 1.807) is 36.4 Å². The lowest BCUT2D eigenvalue weighted by molar-refractivity contribution is -0.122. The van der Waals surface area contributed by atoms with Gasteiger partial charge in [0.1, 0.15) is 11.4 Å². The van der Waals surface area contributed by atoms with E-state index in [0.29, 0.717) is 12.0 Å². The van der Waals surface area contributed by atoms with Gasteiger partial charge in [-0.05, 0) is 53.5 Å². The van der Waals surface area contributed by atoms with E-state index in [2.05, 4.69) is 5.32 Å². The molecule has 1 aliphatic heterocycles. The van der Waals surface area contributed by atoms with E-state index >= 15 is 0 Å². The second-order valence-corrected chi connectivity index (χ2v) is 7.36. The summed E-state index contributed by atoms with van der Waals surface area (Å²) in [6.07, 6.45) is 1.96. The smallest absolute Gasteiger partial charge is 0.273 e. The molecule has 3 aromatic carbocycles. The van der Waals surface area contributed by atoms with Crippen molar-refractivity contribution in [3.05, 3.63) is 106 Å². The highest BCUT2D eigenvalue weighted by Gasteiger charge is 2.37. The fraction of sp³-hybridized carbons (Fsp3) is 0.0417. The number of barbiturate groups is 1. The van der Waals surface area contributed by atoms with Gasteiger partial charge in [0.15, 0.2) is 0 Å². The first-order valence-electron chi connectivity index (χ1n) is 9.42. The lowest BCUT2D eigenvalue weighted by Crippen LogP contribution is -2.54. The van der Waals surface area contributed by atoms with Gasteiger partial charge in [-0.25, -0.2) is 14.1 Å². The molecule has 0 aromatic heterocycles. The summed E-state index contributed by atoms with van der Waals surface area (Å²) in [5.74, 6) is -1.83. The third-order valence-electron chi connectivity index (χ3n) is 4.78. The molecule has 5 nitrogen and oxygen atoms in total. The van der Waals surface area contributed by atoms with E-state index in [9.17, 15) is 18.8 Å². The Morgan fingerprint density at radius 3 is 2.35 bits per heavy atom. The molecule has 7 heteroatoms. The zero-order chi connectivity index (χ0) is 22.0. The van der Waals surface area contributed by atoms with E-state index in [1.807, 2.05) is 18.2 Å². The highest BCUT2D eigenvalue weighted by atomic mass is 35.5. The number of anilines is 1. The average molecular weight is 435 g/mol. The Bertz CT molecular complexity index is 1220. The number of benzene rings is 3. The van der Waals surface area contributed by atoms with Crippen molar-refractivity contribution >= 4 is 41.2 Å². The van der Waals surface area contributed by atoms with E-state index < -0.39 is 17.8 Å². The van der Waals surface area contributed by atoms with Crippen LogP contribution in [0.15, 0.2) is 78.4 Å². The first kappa shape index (κ1) is 20.5. The highest BCUT2D eigenvalue weighted by Crippen LogP contribution is 2.28. The maximum atomic E-state index is 13.4. The fourth-order valence-electron chi connectivity index (χ4n) is 3.29. The standard InChI is InChI=1S/C24H16ClFN2O3/c25-20-6-1-2-7-21(20)28-23(30)19(22(29)27-24(28)31)14-16-10-8-15(9-11-16)12-17-4-3-5-18(26)13-17/h1-11,13-14H,12H2,(H,27,29,31)/b19-14+. The third-order valence-corrected chi connectivity index (χ3v) is 5.10. The molecule has 1 aliphatic rings. The lowest BCUT2D eigenvalue weighted by Gasteiger charge is -2.27. The molecule has 31 heavy (non-hydrogen) atoms. The largest absolute Gasteiger partial charge is 0.335 e. The zero-order valence-electron chi connectivity index (χ0n) is 16.1. The van der Waals surface area contributed by atoms with Gasteiger partial charge in [-0.3, -0.25) is 14.9 Å². The molecule has 0 atom stereocenters. The van der Waals surface area contributed by atoms with Crippen LogP contribution in [0.25, 0.3) is 6.08 Å². The molecular formula is C24H16ClFN2O3. The monoisotopic (exact) mass is 434 g/mol. The zero-order valence-corrected chi connectivity index (χ0v) is 16.9. The molecular weight excluding hydrogens is 419 g/mol. The van der Waals surface area contributed by atoms with Gasteiger partial charge in [0, 0.05) is 0 Å². The molecule has 0 saturated carbocycles. The van der Waals surface area contributed by atoms with Crippen molar-refractivity contribution in [3.8, 4) is 0 Å². The Balaban J connectivity index is 1.59. The van der Waals surface area contributed by atoms with Gasteiger partial charge in [-0.15, -0.1) is 0 Å². The quantitative estimate of drug-likeness (QED) is 0.476. The summed E-state index contributed by atoms with van der Waals surface area (Å²) in [4.78, 5) is 38.3. The van der Waals surface area contributed by atoms with Gasteiger partial charge in [0.05, 0.1) is 10.7 Å². The number of para-hydroxylation sites is 1. The lowest BCUT2D eigenvalue weighted by atomic mass is 10.0. The van der Waals surface area contributed by atoms with Crippen LogP contribution in [0.5, 0.6) is 0 Å². The van der Waals surface area contributed by atoms with Crippen LogP contribution in [0.1, 0.15) is 16.7 Å². The Morgan fingerprint density at radius 1 is 0.903 bits per heavy atom. The number of hydrogen-bond acceptors (Lipinski definition) is 3. The van der Waals surface area contributed by atoms with Crippen LogP contribution in [-0.2, 0) is 16.0 Å². The normalized spacial score (nSPS) is 15.4. The van der Waals surface area contributed by atoms with Gasteiger partial charge in [0.2, 0.25) is 0 Å².